The highest BCUT2D eigenvalue weighted by Crippen LogP contribution is 2.39. The number of carbonyl (C=O) groups is 2. The fourth-order valence-corrected chi connectivity index (χ4v) is 4.00. The summed E-state index contributed by atoms with van der Waals surface area (Å²) in [5.41, 5.74) is 5.88. The van der Waals surface area contributed by atoms with Crippen molar-refractivity contribution in [1.82, 2.24) is 4.90 Å². The van der Waals surface area contributed by atoms with Gasteiger partial charge in [-0.05, 0) is 31.6 Å². The highest BCUT2D eigenvalue weighted by molar-refractivity contribution is 6.05. The van der Waals surface area contributed by atoms with Crippen LogP contribution in [0.4, 0.5) is 0 Å². The van der Waals surface area contributed by atoms with E-state index in [-0.39, 0.29) is 29.7 Å². The van der Waals surface area contributed by atoms with Crippen LogP contribution in [0.3, 0.4) is 0 Å². The van der Waals surface area contributed by atoms with E-state index in [9.17, 15) is 9.59 Å². The molecule has 2 amide bonds. The third-order valence-electron chi connectivity index (χ3n) is 5.06. The van der Waals surface area contributed by atoms with Gasteiger partial charge in [0.15, 0.2) is 0 Å². The van der Waals surface area contributed by atoms with E-state index < -0.39 is 0 Å². The van der Waals surface area contributed by atoms with Crippen molar-refractivity contribution in [1.29, 1.82) is 0 Å². The lowest BCUT2D eigenvalue weighted by molar-refractivity contribution is -0.143. The third-order valence-corrected chi connectivity index (χ3v) is 5.06. The molecule has 2 aliphatic carbocycles. The van der Waals surface area contributed by atoms with E-state index in [1.165, 1.54) is 12.8 Å². The van der Waals surface area contributed by atoms with Crippen molar-refractivity contribution in [2.45, 2.75) is 44.6 Å². The van der Waals surface area contributed by atoms with E-state index in [4.69, 9.17) is 5.73 Å². The summed E-state index contributed by atoms with van der Waals surface area (Å²) in [6.07, 6.45) is 10.1. The molecule has 0 aromatic carbocycles. The van der Waals surface area contributed by atoms with E-state index in [0.29, 0.717) is 25.3 Å². The molecular weight excluding hydrogens is 240 g/mol. The van der Waals surface area contributed by atoms with Crippen molar-refractivity contribution in [3.8, 4) is 0 Å². The minimum atomic E-state index is -0.118. The van der Waals surface area contributed by atoms with Gasteiger partial charge in [-0.15, -0.1) is 0 Å². The fraction of sp³-hybridized carbons (Fsp3) is 0.733. The highest BCUT2D eigenvalue weighted by Gasteiger charge is 2.50. The summed E-state index contributed by atoms with van der Waals surface area (Å²) in [6, 6.07) is -0.0619. The lowest BCUT2D eigenvalue weighted by atomic mass is 9.85. The molecule has 1 saturated carbocycles. The molecular formula is C15H22N2O2. The summed E-state index contributed by atoms with van der Waals surface area (Å²) in [5.74, 6) is 0.246. The topological polar surface area (TPSA) is 63.4 Å². The van der Waals surface area contributed by atoms with Crippen molar-refractivity contribution in [3.63, 3.8) is 0 Å². The molecule has 3 rings (SSSR count). The molecule has 104 valence electrons. The van der Waals surface area contributed by atoms with Crippen LogP contribution in [0.15, 0.2) is 12.2 Å². The van der Waals surface area contributed by atoms with Gasteiger partial charge < -0.3 is 5.73 Å². The standard InChI is InChI=1S/C15H22N2O2/c16-9-13(10-5-1-2-6-10)17-14(18)11-7-3-4-8-12(11)15(17)19/h3-4,10-13H,1-2,5-9,16H2/t11-,12+,13?. The van der Waals surface area contributed by atoms with E-state index in [0.717, 1.165) is 12.8 Å². The first-order chi connectivity index (χ1) is 9.24. The van der Waals surface area contributed by atoms with Crippen molar-refractivity contribution in [3.05, 3.63) is 12.2 Å². The van der Waals surface area contributed by atoms with Gasteiger partial charge in [0.05, 0.1) is 17.9 Å². The Morgan fingerprint density at radius 1 is 1.11 bits per heavy atom. The Hall–Kier alpha value is -1.16. The number of imide groups is 1. The quantitative estimate of drug-likeness (QED) is 0.618. The van der Waals surface area contributed by atoms with Crippen LogP contribution in [-0.2, 0) is 9.59 Å². The van der Waals surface area contributed by atoms with Crippen LogP contribution in [0.2, 0.25) is 0 Å². The molecule has 4 nitrogen and oxygen atoms in total. The number of carbonyl (C=O) groups excluding carboxylic acids is 2. The average Bonchev–Trinajstić information content (AvgIpc) is 3.04. The summed E-state index contributed by atoms with van der Waals surface area (Å²) >= 11 is 0. The van der Waals surface area contributed by atoms with Gasteiger partial charge in [-0.1, -0.05) is 25.0 Å². The van der Waals surface area contributed by atoms with Crippen LogP contribution < -0.4 is 5.73 Å². The molecule has 1 unspecified atom stereocenters. The van der Waals surface area contributed by atoms with Gasteiger partial charge in [0, 0.05) is 6.54 Å². The van der Waals surface area contributed by atoms with E-state index in [1.54, 1.807) is 4.90 Å². The molecule has 3 atom stereocenters. The Morgan fingerprint density at radius 3 is 2.11 bits per heavy atom. The minimum absolute atomic E-state index is 0.0294. The van der Waals surface area contributed by atoms with Crippen LogP contribution in [0.5, 0.6) is 0 Å². The Morgan fingerprint density at radius 2 is 1.63 bits per heavy atom. The number of nitrogens with two attached hydrogens (primary N) is 1. The van der Waals surface area contributed by atoms with E-state index >= 15 is 0 Å². The second kappa shape index (κ2) is 5.08. The molecule has 0 aromatic heterocycles. The molecule has 1 heterocycles. The predicted molar refractivity (Wildman–Crippen MR) is 72.0 cm³/mol. The summed E-state index contributed by atoms with van der Waals surface area (Å²) in [4.78, 5) is 26.6. The molecule has 1 saturated heterocycles. The van der Waals surface area contributed by atoms with Crippen molar-refractivity contribution in [2.24, 2.45) is 23.5 Å². The Labute approximate surface area is 114 Å². The van der Waals surface area contributed by atoms with Gasteiger partial charge in [0.2, 0.25) is 11.8 Å². The number of likely N-dealkylation sites (tertiary alicyclic amines) is 1. The van der Waals surface area contributed by atoms with Crippen LogP contribution in [0.1, 0.15) is 38.5 Å². The molecule has 4 heteroatoms. The molecule has 0 radical (unpaired) electrons. The fourth-order valence-electron chi connectivity index (χ4n) is 4.00. The molecule has 3 aliphatic rings. The van der Waals surface area contributed by atoms with Crippen molar-refractivity contribution >= 4 is 11.8 Å². The predicted octanol–water partition coefficient (Wildman–Crippen LogP) is 1.46. The van der Waals surface area contributed by atoms with Gasteiger partial charge in [0.1, 0.15) is 0 Å². The number of hydrogen-bond acceptors (Lipinski definition) is 3. The lowest BCUT2D eigenvalue weighted by Crippen LogP contribution is -2.48. The number of hydrogen-bond donors (Lipinski definition) is 1. The first-order valence-electron chi connectivity index (χ1n) is 7.46. The van der Waals surface area contributed by atoms with Crippen LogP contribution >= 0.6 is 0 Å². The van der Waals surface area contributed by atoms with Gasteiger partial charge in [0.25, 0.3) is 0 Å². The van der Waals surface area contributed by atoms with Crippen LogP contribution in [0.25, 0.3) is 0 Å². The van der Waals surface area contributed by atoms with Crippen LogP contribution in [-0.4, -0.2) is 29.3 Å². The summed E-state index contributed by atoms with van der Waals surface area (Å²) in [6.45, 7) is 0.412. The molecule has 2 N–H and O–H groups in total. The minimum Gasteiger partial charge on any atom is -0.328 e. The maximum atomic E-state index is 12.5. The zero-order valence-corrected chi connectivity index (χ0v) is 11.3. The van der Waals surface area contributed by atoms with Gasteiger partial charge >= 0.3 is 0 Å². The molecule has 0 bridgehead atoms. The summed E-state index contributed by atoms with van der Waals surface area (Å²) < 4.78 is 0. The molecule has 19 heavy (non-hydrogen) atoms. The first kappa shape index (κ1) is 12.9. The highest BCUT2D eigenvalue weighted by atomic mass is 16.2. The normalized spacial score (nSPS) is 33.0. The second-order valence-corrected chi connectivity index (χ2v) is 6.05. The maximum absolute atomic E-state index is 12.5. The van der Waals surface area contributed by atoms with Gasteiger partial charge in [-0.2, -0.15) is 0 Å². The molecule has 2 fully saturated rings. The lowest BCUT2D eigenvalue weighted by Gasteiger charge is -2.30. The second-order valence-electron chi connectivity index (χ2n) is 6.05. The third kappa shape index (κ3) is 2.02. The van der Waals surface area contributed by atoms with Crippen molar-refractivity contribution in [2.75, 3.05) is 6.54 Å². The average molecular weight is 262 g/mol. The Balaban J connectivity index is 1.83. The summed E-state index contributed by atoms with van der Waals surface area (Å²) in [7, 11) is 0. The number of fused-ring (bicyclic) bond motifs is 1. The number of nitrogens with zero attached hydrogens (tertiary/aromatic N) is 1. The molecule has 0 spiro atoms. The van der Waals surface area contributed by atoms with Gasteiger partial charge in [-0.3, -0.25) is 14.5 Å². The summed E-state index contributed by atoms with van der Waals surface area (Å²) in [5, 5.41) is 0. The number of rotatable bonds is 3. The Bertz CT molecular complexity index is 386. The molecule has 0 aromatic rings. The van der Waals surface area contributed by atoms with Crippen LogP contribution in [0, 0.1) is 17.8 Å². The van der Waals surface area contributed by atoms with E-state index in [1.807, 2.05) is 12.2 Å². The van der Waals surface area contributed by atoms with E-state index in [2.05, 4.69) is 0 Å². The maximum Gasteiger partial charge on any atom is 0.233 e. The van der Waals surface area contributed by atoms with Gasteiger partial charge in [-0.25, -0.2) is 0 Å². The SMILES string of the molecule is NCC(C1CCCC1)N1C(=O)[C@H]2CC=CC[C@H]2C1=O. The number of allylic oxidation sites excluding steroid dienone is 2. The largest absolute Gasteiger partial charge is 0.328 e. The first-order valence-corrected chi connectivity index (χ1v) is 7.46. The number of amides is 2. The Kier molecular flexibility index (Phi) is 3.44. The molecule has 1 aliphatic heterocycles. The zero-order chi connectivity index (χ0) is 13.4. The zero-order valence-electron chi connectivity index (χ0n) is 11.3. The monoisotopic (exact) mass is 262 g/mol. The smallest absolute Gasteiger partial charge is 0.233 e. The van der Waals surface area contributed by atoms with Crippen molar-refractivity contribution < 1.29 is 9.59 Å².